The van der Waals surface area contributed by atoms with E-state index in [1.807, 2.05) is 46.4 Å². The lowest BCUT2D eigenvalue weighted by Crippen LogP contribution is -2.54. The summed E-state index contributed by atoms with van der Waals surface area (Å²) >= 11 is 0. The van der Waals surface area contributed by atoms with E-state index in [0.717, 1.165) is 35.4 Å². The molecular formula is C46H60F4N10O7. The molecule has 2 atom stereocenters. The molecule has 4 aromatic rings. The van der Waals surface area contributed by atoms with Gasteiger partial charge in [0.2, 0.25) is 11.8 Å². The van der Waals surface area contributed by atoms with Crippen molar-refractivity contribution in [1.29, 1.82) is 0 Å². The molecule has 4 amide bonds. The van der Waals surface area contributed by atoms with E-state index in [4.69, 9.17) is 4.74 Å². The van der Waals surface area contributed by atoms with Crippen LogP contribution in [-0.4, -0.2) is 120 Å². The number of likely N-dealkylation sites (N-methyl/N-ethyl adjacent to an activating group) is 2. The van der Waals surface area contributed by atoms with Gasteiger partial charge in [0, 0.05) is 44.9 Å². The summed E-state index contributed by atoms with van der Waals surface area (Å²) in [4.78, 5) is 67.3. The van der Waals surface area contributed by atoms with Gasteiger partial charge in [-0.25, -0.2) is 27.2 Å². The maximum absolute atomic E-state index is 14.1. The largest absolute Gasteiger partial charge is 0.465 e. The molecule has 0 fully saturated rings. The Kier molecular flexibility index (Phi) is 16.5. The monoisotopic (exact) mass is 940 g/mol. The number of esters is 1. The maximum Gasteiger partial charge on any atom is 0.343 e. The molecule has 67 heavy (non-hydrogen) atoms. The lowest BCUT2D eigenvalue weighted by molar-refractivity contribution is -0.141. The van der Waals surface area contributed by atoms with Gasteiger partial charge in [-0.15, -0.1) is 0 Å². The highest BCUT2D eigenvalue weighted by molar-refractivity contribution is 5.92. The molecule has 0 saturated heterocycles. The molecule has 0 aliphatic carbocycles. The van der Waals surface area contributed by atoms with Gasteiger partial charge in [-0.3, -0.25) is 14.4 Å². The molecule has 21 heteroatoms. The van der Waals surface area contributed by atoms with Gasteiger partial charge in [0.15, 0.2) is 23.3 Å². The van der Waals surface area contributed by atoms with Crippen LogP contribution in [0.2, 0.25) is 0 Å². The number of nitrogens with one attached hydrogen (secondary N) is 4. The number of carbonyl (C=O) groups excluding carboxylic acids is 5. The number of aliphatic hydroxyl groups excluding tert-OH is 1. The Labute approximate surface area is 386 Å². The quantitative estimate of drug-likeness (QED) is 0.0983. The zero-order chi connectivity index (χ0) is 49.5. The van der Waals surface area contributed by atoms with Crippen LogP contribution in [0.5, 0.6) is 0 Å². The minimum atomic E-state index is -1.06. The number of ether oxygens (including phenoxy) is 1. The third-order valence-corrected chi connectivity index (χ3v) is 11.3. The summed E-state index contributed by atoms with van der Waals surface area (Å²) in [6, 6.07) is 3.89. The summed E-state index contributed by atoms with van der Waals surface area (Å²) in [5, 5.41) is 29.0. The van der Waals surface area contributed by atoms with Crippen molar-refractivity contribution in [3.63, 3.8) is 0 Å². The Hall–Kier alpha value is -6.51. The number of rotatable bonds is 11. The molecule has 0 radical (unpaired) electrons. The molecule has 0 bridgehead atoms. The van der Waals surface area contributed by atoms with E-state index in [9.17, 15) is 46.6 Å². The van der Waals surface area contributed by atoms with Crippen LogP contribution in [0.15, 0.2) is 36.4 Å². The zero-order valence-electron chi connectivity index (χ0n) is 39.3. The van der Waals surface area contributed by atoms with Crippen LogP contribution >= 0.6 is 0 Å². The maximum atomic E-state index is 14.1. The lowest BCUT2D eigenvalue weighted by atomic mass is 9.86. The van der Waals surface area contributed by atoms with Gasteiger partial charge >= 0.3 is 18.0 Å². The Morgan fingerprint density at radius 3 is 1.48 bits per heavy atom. The number of carbonyl (C=O) groups is 5. The van der Waals surface area contributed by atoms with Gasteiger partial charge < -0.3 is 40.9 Å². The minimum Gasteiger partial charge on any atom is -0.465 e. The number of anilines is 2. The Balaban J connectivity index is 0.000000252. The number of aromatic nitrogens is 4. The van der Waals surface area contributed by atoms with E-state index in [0.29, 0.717) is 72.9 Å². The number of aliphatic hydroxyl groups is 1. The highest BCUT2D eigenvalue weighted by Gasteiger charge is 2.37. The van der Waals surface area contributed by atoms with E-state index in [1.54, 1.807) is 11.8 Å². The first-order valence-electron chi connectivity index (χ1n) is 22.0. The molecule has 2 aliphatic heterocycles. The fourth-order valence-electron chi connectivity index (χ4n) is 7.99. The van der Waals surface area contributed by atoms with Crippen molar-refractivity contribution >= 4 is 41.2 Å². The predicted octanol–water partition coefficient (Wildman–Crippen LogP) is 5.15. The molecule has 17 nitrogen and oxygen atoms in total. The van der Waals surface area contributed by atoms with Gasteiger partial charge in [-0.1, -0.05) is 41.5 Å². The van der Waals surface area contributed by atoms with E-state index >= 15 is 0 Å². The van der Waals surface area contributed by atoms with E-state index in [-0.39, 0.29) is 42.8 Å². The highest BCUT2D eigenvalue weighted by atomic mass is 19.2. The molecule has 0 unspecified atom stereocenters. The number of amides is 4. The molecule has 6 rings (SSSR count). The van der Waals surface area contributed by atoms with Crippen molar-refractivity contribution in [3.8, 4) is 22.5 Å². The van der Waals surface area contributed by atoms with E-state index in [2.05, 4.69) is 31.5 Å². The average molecular weight is 941 g/mol. The second kappa shape index (κ2) is 21.4. The topological polar surface area (TPSA) is 205 Å². The molecule has 5 N–H and O–H groups in total. The van der Waals surface area contributed by atoms with Crippen molar-refractivity contribution in [1.82, 2.24) is 40.8 Å². The molecule has 2 aliphatic rings. The molecule has 2 aromatic carbocycles. The molecule has 0 saturated carbocycles. The number of nitrogens with zero attached hydrogens (tertiary/aromatic N) is 6. The van der Waals surface area contributed by atoms with Crippen molar-refractivity contribution in [2.24, 2.45) is 10.8 Å². The number of hydrogen-bond acceptors (Lipinski definition) is 11. The van der Waals surface area contributed by atoms with Crippen LogP contribution in [0.3, 0.4) is 0 Å². The number of fused-ring (bicyclic) bond motifs is 2. The highest BCUT2D eigenvalue weighted by Crippen LogP contribution is 2.39. The van der Waals surface area contributed by atoms with Gasteiger partial charge in [-0.2, -0.15) is 19.6 Å². The summed E-state index contributed by atoms with van der Waals surface area (Å²) in [5.74, 6) is -5.23. The number of β-amino-alcohol motifs (C(OH)–C–C–N with tert-alkyl or cyclic N) is 1. The van der Waals surface area contributed by atoms with Crippen LogP contribution in [0.4, 0.5) is 38.5 Å². The number of benzene rings is 2. The third kappa shape index (κ3) is 11.7. The Bertz CT molecular complexity index is 2480. The first kappa shape index (κ1) is 51.5. The van der Waals surface area contributed by atoms with Gasteiger partial charge in [-0.05, 0) is 79.8 Å². The Morgan fingerprint density at radius 2 is 1.10 bits per heavy atom. The normalized spacial score (nSPS) is 14.4. The van der Waals surface area contributed by atoms with Crippen LogP contribution < -0.4 is 31.1 Å². The van der Waals surface area contributed by atoms with Crippen molar-refractivity contribution in [2.75, 3.05) is 63.3 Å². The van der Waals surface area contributed by atoms with Crippen LogP contribution in [0, 0.1) is 34.1 Å². The number of hydrogen-bond donors (Lipinski definition) is 5. The summed E-state index contributed by atoms with van der Waals surface area (Å²) in [6.07, 6.45) is 2.34. The van der Waals surface area contributed by atoms with E-state index < -0.39 is 64.2 Å². The second-order valence-corrected chi connectivity index (χ2v) is 18.2. The Morgan fingerprint density at radius 1 is 0.687 bits per heavy atom. The molecule has 2 aromatic heterocycles. The summed E-state index contributed by atoms with van der Waals surface area (Å²) in [7, 11) is 2.98. The fraction of sp³-hybridized carbons (Fsp3) is 0.500. The van der Waals surface area contributed by atoms with Crippen LogP contribution in [0.1, 0.15) is 72.7 Å². The van der Waals surface area contributed by atoms with Gasteiger partial charge in [0.25, 0.3) is 0 Å². The van der Waals surface area contributed by atoms with Crippen LogP contribution in [0.25, 0.3) is 22.5 Å². The molecule has 364 valence electrons. The first-order valence-corrected chi connectivity index (χ1v) is 22.0. The van der Waals surface area contributed by atoms with Crippen LogP contribution in [-0.2, 0) is 32.0 Å². The standard InChI is InChI=1S/C24H31F2N5O4.C22H29F2N5O3/c1-6-35-18(32)13-30-11-7-8-17-20(30)19(14-9-10-15(25)16(26)12-14)29-31(17)23(34)28-21(22(33)27-5)24(2,3)4;1-22(2,3)19(20(31)25-4)26-21(32)29-16-6-5-9-28(10-11-30)18(16)17(27-29)13-7-8-14(23)15(24)12-13/h9-10,12,21H,6-8,11,13H2,1-5H3,(H,27,33)(H,28,34);7-8,12,19,30H,5-6,9-11H2,1-4H3,(H,25,31)(H,26,32)/t21-;19-/m11/s1. The van der Waals surface area contributed by atoms with Crippen molar-refractivity contribution in [2.45, 2.75) is 86.2 Å². The van der Waals surface area contributed by atoms with Crippen molar-refractivity contribution < 1.29 is 51.4 Å². The first-order chi connectivity index (χ1) is 31.5. The smallest absolute Gasteiger partial charge is 0.343 e. The number of halogens is 4. The van der Waals surface area contributed by atoms with Gasteiger partial charge in [0.1, 0.15) is 30.0 Å². The lowest BCUT2D eigenvalue weighted by Gasteiger charge is -2.31. The van der Waals surface area contributed by atoms with Gasteiger partial charge in [0.05, 0.1) is 36.0 Å². The molecule has 4 heterocycles. The average Bonchev–Trinajstić information content (AvgIpc) is 3.87. The van der Waals surface area contributed by atoms with Crippen molar-refractivity contribution in [3.05, 3.63) is 71.1 Å². The minimum absolute atomic E-state index is 0.0896. The van der Waals surface area contributed by atoms with E-state index in [1.165, 1.54) is 30.9 Å². The predicted molar refractivity (Wildman–Crippen MR) is 242 cm³/mol. The zero-order valence-corrected chi connectivity index (χ0v) is 39.3. The summed E-state index contributed by atoms with van der Waals surface area (Å²) in [6.45, 7) is 14.1. The summed E-state index contributed by atoms with van der Waals surface area (Å²) in [5.41, 5.74) is 2.11. The molecular weight excluding hydrogens is 881 g/mol. The second-order valence-electron chi connectivity index (χ2n) is 18.2. The summed E-state index contributed by atoms with van der Waals surface area (Å²) < 4.78 is 62.6. The third-order valence-electron chi connectivity index (χ3n) is 11.3. The SMILES string of the molecule is CCOC(=O)CN1CCCc2c1c(-c1ccc(F)c(F)c1)nn2C(=O)N[C@H](C(=O)NC)C(C)(C)C.CNC(=O)[C@@H](NC(=O)n1nc(-c2ccc(F)c(F)c2)c2c1CCCN2CCO)C(C)(C)C. The fourth-order valence-corrected chi connectivity index (χ4v) is 7.99. The molecule has 0 spiro atoms.